The lowest BCUT2D eigenvalue weighted by atomic mass is 10.1. The first-order chi connectivity index (χ1) is 13.0. The van der Waals surface area contributed by atoms with Crippen LogP contribution in [-0.4, -0.2) is 23.6 Å². The minimum atomic E-state index is -1.21. The fraction of sp³-hybridized carbons (Fsp3) is 0.263. The minimum absolute atomic E-state index is 0.0261. The zero-order valence-corrected chi connectivity index (χ0v) is 14.8. The molecule has 0 heterocycles. The topological polar surface area (TPSA) is 108 Å². The van der Waals surface area contributed by atoms with Crippen LogP contribution >= 0.6 is 0 Å². The monoisotopic (exact) mass is 372 g/mol. The maximum atomic E-state index is 12.3. The fourth-order valence-electron chi connectivity index (χ4n) is 2.26. The van der Waals surface area contributed by atoms with Gasteiger partial charge in [0.25, 0.3) is 5.69 Å². The lowest BCUT2D eigenvalue weighted by molar-refractivity contribution is -0.384. The molecule has 142 valence electrons. The zero-order chi connectivity index (χ0) is 19.6. The van der Waals surface area contributed by atoms with Crippen molar-refractivity contribution in [3.63, 3.8) is 0 Å². The van der Waals surface area contributed by atoms with E-state index in [1.165, 1.54) is 24.3 Å². The Morgan fingerprint density at radius 1 is 1.11 bits per heavy atom. The molecular weight excluding hydrogens is 352 g/mol. The Balaban J connectivity index is 2.12. The van der Waals surface area contributed by atoms with Gasteiger partial charge < -0.3 is 14.8 Å². The summed E-state index contributed by atoms with van der Waals surface area (Å²) in [5, 5.41) is 13.4. The normalized spacial score (nSPS) is 11.3. The molecule has 27 heavy (non-hydrogen) atoms. The molecule has 0 aliphatic carbocycles. The molecule has 0 aromatic heterocycles. The summed E-state index contributed by atoms with van der Waals surface area (Å²) in [5.41, 5.74) is 0.829. The SMILES string of the molecule is CCCOC(=O)[C@H](NC(=O)OCc1ccccc1)c1cccc([N+](=O)[O-])c1. The molecular formula is C19H20N2O6. The van der Waals surface area contributed by atoms with Crippen molar-refractivity contribution in [1.82, 2.24) is 5.32 Å². The number of carbonyl (C=O) groups is 2. The number of nitrogens with one attached hydrogen (secondary N) is 1. The van der Waals surface area contributed by atoms with E-state index in [0.717, 1.165) is 5.56 Å². The highest BCUT2D eigenvalue weighted by Gasteiger charge is 2.26. The number of rotatable bonds is 8. The van der Waals surface area contributed by atoms with E-state index in [4.69, 9.17) is 9.47 Å². The summed E-state index contributed by atoms with van der Waals surface area (Å²) in [6, 6.07) is 13.3. The molecule has 2 aromatic carbocycles. The molecule has 1 N–H and O–H groups in total. The van der Waals surface area contributed by atoms with E-state index in [1.54, 1.807) is 12.1 Å². The quantitative estimate of drug-likeness (QED) is 0.431. The number of nitro benzene ring substituents is 1. The summed E-state index contributed by atoms with van der Waals surface area (Å²) >= 11 is 0. The van der Waals surface area contributed by atoms with Crippen molar-refractivity contribution in [2.75, 3.05) is 6.61 Å². The molecule has 0 saturated heterocycles. The molecule has 0 fully saturated rings. The Kier molecular flexibility index (Phi) is 7.30. The molecule has 2 rings (SSSR count). The first kappa shape index (κ1) is 19.9. The summed E-state index contributed by atoms with van der Waals surface area (Å²) in [4.78, 5) is 34.9. The van der Waals surface area contributed by atoms with Gasteiger partial charge in [0.2, 0.25) is 0 Å². The second-order valence-corrected chi connectivity index (χ2v) is 5.66. The maximum absolute atomic E-state index is 12.3. The number of esters is 1. The summed E-state index contributed by atoms with van der Waals surface area (Å²) in [7, 11) is 0. The largest absolute Gasteiger partial charge is 0.464 e. The molecule has 8 heteroatoms. The number of nitro groups is 1. The van der Waals surface area contributed by atoms with Gasteiger partial charge in [-0.25, -0.2) is 9.59 Å². The van der Waals surface area contributed by atoms with Crippen LogP contribution in [0.5, 0.6) is 0 Å². The van der Waals surface area contributed by atoms with Crippen molar-refractivity contribution in [3.05, 3.63) is 75.8 Å². The number of carbonyl (C=O) groups excluding carboxylic acids is 2. The van der Waals surface area contributed by atoms with E-state index in [1.807, 2.05) is 25.1 Å². The fourth-order valence-corrected chi connectivity index (χ4v) is 2.26. The number of hydrogen-bond acceptors (Lipinski definition) is 6. The van der Waals surface area contributed by atoms with Crippen molar-refractivity contribution in [1.29, 1.82) is 0 Å². The first-order valence-corrected chi connectivity index (χ1v) is 8.39. The van der Waals surface area contributed by atoms with Crippen LogP contribution in [0.1, 0.15) is 30.5 Å². The van der Waals surface area contributed by atoms with Crippen molar-refractivity contribution < 1.29 is 24.0 Å². The van der Waals surface area contributed by atoms with Crippen LogP contribution in [0.15, 0.2) is 54.6 Å². The first-order valence-electron chi connectivity index (χ1n) is 8.39. The number of non-ortho nitro benzene ring substituents is 1. The standard InChI is InChI=1S/C19H20N2O6/c1-2-11-26-18(22)17(15-9-6-10-16(12-15)21(24)25)20-19(23)27-13-14-7-4-3-5-8-14/h3-10,12,17H,2,11,13H2,1H3,(H,20,23)/t17-/m1/s1. The molecule has 0 aliphatic heterocycles. The van der Waals surface area contributed by atoms with E-state index in [2.05, 4.69) is 5.32 Å². The van der Waals surface area contributed by atoms with Gasteiger partial charge in [0, 0.05) is 12.1 Å². The number of hydrogen-bond donors (Lipinski definition) is 1. The number of ether oxygens (including phenoxy) is 2. The van der Waals surface area contributed by atoms with E-state index in [-0.39, 0.29) is 24.5 Å². The van der Waals surface area contributed by atoms with Gasteiger partial charge in [-0.2, -0.15) is 0 Å². The second-order valence-electron chi connectivity index (χ2n) is 5.66. The molecule has 2 aromatic rings. The molecule has 0 unspecified atom stereocenters. The Morgan fingerprint density at radius 2 is 1.85 bits per heavy atom. The van der Waals surface area contributed by atoms with Crippen LogP contribution in [0.2, 0.25) is 0 Å². The molecule has 0 saturated carbocycles. The van der Waals surface area contributed by atoms with E-state index in [0.29, 0.717) is 6.42 Å². The van der Waals surface area contributed by atoms with Gasteiger partial charge >= 0.3 is 12.1 Å². The van der Waals surface area contributed by atoms with Crippen molar-refractivity contribution in [2.24, 2.45) is 0 Å². The van der Waals surface area contributed by atoms with Crippen LogP contribution in [0.3, 0.4) is 0 Å². The predicted molar refractivity (Wildman–Crippen MR) is 96.9 cm³/mol. The summed E-state index contributed by atoms with van der Waals surface area (Å²) in [6.07, 6.45) is -0.227. The zero-order valence-electron chi connectivity index (χ0n) is 14.8. The predicted octanol–water partition coefficient (Wildman–Crippen LogP) is 3.52. The van der Waals surface area contributed by atoms with Crippen molar-refractivity contribution in [3.8, 4) is 0 Å². The van der Waals surface area contributed by atoms with E-state index >= 15 is 0 Å². The van der Waals surface area contributed by atoms with E-state index in [9.17, 15) is 19.7 Å². The average molecular weight is 372 g/mol. The third-order valence-corrected chi connectivity index (χ3v) is 3.57. The molecule has 1 amide bonds. The second kappa shape index (κ2) is 9.91. The van der Waals surface area contributed by atoms with Crippen LogP contribution < -0.4 is 5.32 Å². The molecule has 0 aliphatic rings. The lowest BCUT2D eigenvalue weighted by Gasteiger charge is -2.18. The van der Waals surface area contributed by atoms with E-state index < -0.39 is 23.0 Å². The number of amides is 1. The Hall–Kier alpha value is -3.42. The van der Waals surface area contributed by atoms with Crippen LogP contribution in [-0.2, 0) is 20.9 Å². The Bertz CT molecular complexity index is 794. The summed E-state index contributed by atoms with van der Waals surface area (Å²) in [6.45, 7) is 2.03. The van der Waals surface area contributed by atoms with Gasteiger partial charge in [-0.3, -0.25) is 10.1 Å². The minimum Gasteiger partial charge on any atom is -0.464 e. The van der Waals surface area contributed by atoms with Crippen molar-refractivity contribution >= 4 is 17.7 Å². The summed E-state index contributed by atoms with van der Waals surface area (Å²) < 4.78 is 10.2. The molecule has 0 spiro atoms. The van der Waals surface area contributed by atoms with Gasteiger partial charge in [-0.15, -0.1) is 0 Å². The molecule has 8 nitrogen and oxygen atoms in total. The third-order valence-electron chi connectivity index (χ3n) is 3.57. The molecule has 0 bridgehead atoms. The van der Waals surface area contributed by atoms with Crippen LogP contribution in [0.4, 0.5) is 10.5 Å². The Morgan fingerprint density at radius 3 is 2.52 bits per heavy atom. The number of nitrogens with zero attached hydrogens (tertiary/aromatic N) is 1. The maximum Gasteiger partial charge on any atom is 0.408 e. The van der Waals surface area contributed by atoms with Gasteiger partial charge in [-0.05, 0) is 17.5 Å². The third kappa shape index (κ3) is 6.10. The highest BCUT2D eigenvalue weighted by molar-refractivity contribution is 5.83. The van der Waals surface area contributed by atoms with Gasteiger partial charge in [0.1, 0.15) is 6.61 Å². The van der Waals surface area contributed by atoms with Crippen molar-refractivity contribution in [2.45, 2.75) is 26.0 Å². The molecule has 0 radical (unpaired) electrons. The lowest BCUT2D eigenvalue weighted by Crippen LogP contribution is -2.35. The summed E-state index contributed by atoms with van der Waals surface area (Å²) in [5.74, 6) is -0.714. The van der Waals surface area contributed by atoms with Gasteiger partial charge in [-0.1, -0.05) is 49.4 Å². The highest BCUT2D eigenvalue weighted by Crippen LogP contribution is 2.21. The Labute approximate surface area is 156 Å². The highest BCUT2D eigenvalue weighted by atomic mass is 16.6. The van der Waals surface area contributed by atoms with Crippen LogP contribution in [0.25, 0.3) is 0 Å². The van der Waals surface area contributed by atoms with Gasteiger partial charge in [0.05, 0.1) is 11.5 Å². The van der Waals surface area contributed by atoms with Gasteiger partial charge in [0.15, 0.2) is 6.04 Å². The molecule has 1 atom stereocenters. The van der Waals surface area contributed by atoms with Crippen LogP contribution in [0, 0.1) is 10.1 Å². The average Bonchev–Trinajstić information content (AvgIpc) is 2.69. The smallest absolute Gasteiger partial charge is 0.408 e. The number of alkyl carbamates (subject to hydrolysis) is 1. The number of benzene rings is 2.